The first kappa shape index (κ1) is 16.6. The van der Waals surface area contributed by atoms with Crippen molar-refractivity contribution in [3.05, 3.63) is 33.8 Å². The van der Waals surface area contributed by atoms with E-state index >= 15 is 0 Å². The molecule has 1 aromatic carbocycles. The normalized spacial score (nSPS) is 13.7. The molecule has 1 rings (SSSR count). The van der Waals surface area contributed by atoms with Gasteiger partial charge in [0.15, 0.2) is 0 Å². The zero-order chi connectivity index (χ0) is 15.4. The van der Waals surface area contributed by atoms with E-state index in [1.807, 2.05) is 0 Å². The van der Waals surface area contributed by atoms with Crippen molar-refractivity contribution < 1.29 is 23.5 Å². The zero-order valence-corrected chi connectivity index (χ0v) is 12.5. The average molecular weight is 350 g/mol. The molecule has 0 aliphatic heterocycles. The molecular formula is C13H14BrF2NO3. The van der Waals surface area contributed by atoms with Gasteiger partial charge in [0.25, 0.3) is 5.91 Å². The van der Waals surface area contributed by atoms with Crippen LogP contribution in [0.25, 0.3) is 0 Å². The fraction of sp³-hybridized carbons (Fsp3) is 0.385. The molecule has 0 aliphatic carbocycles. The lowest BCUT2D eigenvalue weighted by Gasteiger charge is -2.20. The summed E-state index contributed by atoms with van der Waals surface area (Å²) in [6.45, 7) is 3.39. The maximum atomic E-state index is 13.6. The molecule has 0 spiro atoms. The maximum Gasteiger partial charge on any atom is 0.326 e. The molecule has 20 heavy (non-hydrogen) atoms. The number of halogens is 3. The molecule has 1 amide bonds. The average Bonchev–Trinajstić information content (AvgIpc) is 2.33. The zero-order valence-electron chi connectivity index (χ0n) is 10.9. The van der Waals surface area contributed by atoms with E-state index in [4.69, 9.17) is 5.11 Å². The van der Waals surface area contributed by atoms with Gasteiger partial charge in [-0.3, -0.25) is 4.79 Å². The molecule has 7 heteroatoms. The van der Waals surface area contributed by atoms with Gasteiger partial charge in [0.05, 0.1) is 0 Å². The van der Waals surface area contributed by atoms with E-state index in [9.17, 15) is 18.4 Å². The van der Waals surface area contributed by atoms with Crippen molar-refractivity contribution in [2.24, 2.45) is 5.92 Å². The standard InChI is InChI=1S/C13H14BrF2NO3/c1-3-6(2)11(13(19)20)17-12(18)10-8(15)4-7(14)5-9(10)16/h4-6,11H,3H2,1-2H3,(H,17,18)(H,19,20)/t6?,11-/m0/s1. The van der Waals surface area contributed by atoms with Crippen molar-refractivity contribution >= 4 is 27.8 Å². The van der Waals surface area contributed by atoms with Crippen molar-refractivity contribution in [2.45, 2.75) is 26.3 Å². The lowest BCUT2D eigenvalue weighted by Crippen LogP contribution is -2.45. The number of hydrogen-bond acceptors (Lipinski definition) is 2. The molecule has 2 N–H and O–H groups in total. The lowest BCUT2D eigenvalue weighted by atomic mass is 9.99. The Morgan fingerprint density at radius 1 is 1.35 bits per heavy atom. The number of carboxylic acids is 1. The second-order valence-corrected chi connectivity index (χ2v) is 5.34. The number of carbonyl (C=O) groups is 2. The summed E-state index contributed by atoms with van der Waals surface area (Å²) in [7, 11) is 0. The molecule has 0 fully saturated rings. The van der Waals surface area contributed by atoms with Crippen molar-refractivity contribution in [1.82, 2.24) is 5.32 Å². The summed E-state index contributed by atoms with van der Waals surface area (Å²) in [6.07, 6.45) is 0.503. The van der Waals surface area contributed by atoms with Gasteiger partial charge in [-0.05, 0) is 18.1 Å². The Kier molecular flexibility index (Phi) is 5.62. The summed E-state index contributed by atoms with van der Waals surface area (Å²) in [5.74, 6) is -4.80. The smallest absolute Gasteiger partial charge is 0.326 e. The molecule has 4 nitrogen and oxygen atoms in total. The summed E-state index contributed by atoms with van der Waals surface area (Å²) in [5.41, 5.74) is -0.789. The number of benzene rings is 1. The third kappa shape index (κ3) is 3.75. The Bertz CT molecular complexity index is 513. The topological polar surface area (TPSA) is 66.4 Å². The summed E-state index contributed by atoms with van der Waals surface area (Å²) in [6, 6.07) is 0.684. The Morgan fingerprint density at radius 2 is 1.85 bits per heavy atom. The SMILES string of the molecule is CCC(C)[C@H](NC(=O)c1c(F)cc(Br)cc1F)C(=O)O. The van der Waals surface area contributed by atoms with Gasteiger partial charge < -0.3 is 10.4 Å². The first-order valence-corrected chi connectivity index (χ1v) is 6.75. The monoisotopic (exact) mass is 349 g/mol. The van der Waals surface area contributed by atoms with Gasteiger partial charge >= 0.3 is 5.97 Å². The summed E-state index contributed by atoms with van der Waals surface area (Å²) >= 11 is 2.90. The molecule has 0 aromatic heterocycles. The fourth-order valence-electron chi connectivity index (χ4n) is 1.66. The molecule has 0 saturated heterocycles. The number of rotatable bonds is 5. The Labute approximate surface area is 123 Å². The quantitative estimate of drug-likeness (QED) is 0.858. The fourth-order valence-corrected chi connectivity index (χ4v) is 2.06. The highest BCUT2D eigenvalue weighted by atomic mass is 79.9. The first-order chi connectivity index (χ1) is 9.27. The largest absolute Gasteiger partial charge is 0.480 e. The van der Waals surface area contributed by atoms with Crippen LogP contribution in [0.4, 0.5) is 8.78 Å². The van der Waals surface area contributed by atoms with Crippen LogP contribution in [-0.2, 0) is 4.79 Å². The summed E-state index contributed by atoms with van der Waals surface area (Å²) in [5, 5.41) is 11.2. The highest BCUT2D eigenvalue weighted by molar-refractivity contribution is 9.10. The van der Waals surface area contributed by atoms with Crippen LogP contribution in [0.1, 0.15) is 30.6 Å². The van der Waals surface area contributed by atoms with Crippen molar-refractivity contribution in [2.75, 3.05) is 0 Å². The highest BCUT2D eigenvalue weighted by Gasteiger charge is 2.28. The predicted molar refractivity (Wildman–Crippen MR) is 72.4 cm³/mol. The van der Waals surface area contributed by atoms with Crippen LogP contribution in [-0.4, -0.2) is 23.0 Å². The Hall–Kier alpha value is -1.50. The van der Waals surface area contributed by atoms with Crippen molar-refractivity contribution in [3.8, 4) is 0 Å². The van der Waals surface area contributed by atoms with E-state index in [1.54, 1.807) is 13.8 Å². The van der Waals surface area contributed by atoms with Crippen molar-refractivity contribution in [1.29, 1.82) is 0 Å². The predicted octanol–water partition coefficient (Wildman–Crippen LogP) is 2.96. The maximum absolute atomic E-state index is 13.6. The molecule has 0 bridgehead atoms. The Balaban J connectivity index is 3.04. The van der Waals surface area contributed by atoms with Crippen LogP contribution < -0.4 is 5.32 Å². The van der Waals surface area contributed by atoms with Gasteiger partial charge in [-0.2, -0.15) is 0 Å². The van der Waals surface area contributed by atoms with Gasteiger partial charge in [-0.25, -0.2) is 13.6 Å². The minimum absolute atomic E-state index is 0.153. The molecule has 0 heterocycles. The van der Waals surface area contributed by atoms with Crippen LogP contribution >= 0.6 is 15.9 Å². The summed E-state index contributed by atoms with van der Waals surface area (Å²) in [4.78, 5) is 22.9. The molecule has 0 aliphatic rings. The molecule has 0 saturated carbocycles. The second kappa shape index (κ2) is 6.78. The molecule has 1 unspecified atom stereocenters. The molecular weight excluding hydrogens is 336 g/mol. The number of nitrogens with one attached hydrogen (secondary N) is 1. The number of carbonyl (C=O) groups excluding carboxylic acids is 1. The Morgan fingerprint density at radius 3 is 2.25 bits per heavy atom. The second-order valence-electron chi connectivity index (χ2n) is 4.42. The van der Waals surface area contributed by atoms with Gasteiger partial charge in [0.2, 0.25) is 0 Å². The van der Waals surface area contributed by atoms with Crippen LogP contribution in [0.2, 0.25) is 0 Å². The van der Waals surface area contributed by atoms with Gasteiger partial charge in [-0.15, -0.1) is 0 Å². The van der Waals surface area contributed by atoms with E-state index < -0.39 is 35.1 Å². The van der Waals surface area contributed by atoms with E-state index in [1.165, 1.54) is 0 Å². The lowest BCUT2D eigenvalue weighted by molar-refractivity contribution is -0.140. The van der Waals surface area contributed by atoms with E-state index in [-0.39, 0.29) is 10.4 Å². The van der Waals surface area contributed by atoms with E-state index in [2.05, 4.69) is 21.2 Å². The van der Waals surface area contributed by atoms with Crippen molar-refractivity contribution in [3.63, 3.8) is 0 Å². The molecule has 0 radical (unpaired) electrons. The minimum Gasteiger partial charge on any atom is -0.480 e. The van der Waals surface area contributed by atoms with Gasteiger partial charge in [0.1, 0.15) is 23.2 Å². The van der Waals surface area contributed by atoms with Crippen LogP contribution in [0.3, 0.4) is 0 Å². The molecule has 2 atom stereocenters. The third-order valence-electron chi connectivity index (χ3n) is 3.00. The summed E-state index contributed by atoms with van der Waals surface area (Å²) < 4.78 is 27.4. The minimum atomic E-state index is -1.24. The number of amides is 1. The van der Waals surface area contributed by atoms with E-state index in [0.717, 1.165) is 12.1 Å². The third-order valence-corrected chi connectivity index (χ3v) is 3.46. The van der Waals surface area contributed by atoms with Crippen LogP contribution in [0, 0.1) is 17.6 Å². The first-order valence-electron chi connectivity index (χ1n) is 5.96. The van der Waals surface area contributed by atoms with E-state index in [0.29, 0.717) is 6.42 Å². The van der Waals surface area contributed by atoms with Crippen LogP contribution in [0.5, 0.6) is 0 Å². The van der Waals surface area contributed by atoms with Gasteiger partial charge in [0, 0.05) is 4.47 Å². The number of aliphatic carboxylic acids is 1. The molecule has 1 aromatic rings. The van der Waals surface area contributed by atoms with Crippen LogP contribution in [0.15, 0.2) is 16.6 Å². The number of hydrogen-bond donors (Lipinski definition) is 2. The molecule has 110 valence electrons. The number of carboxylic acid groups (broad SMARTS) is 1. The highest BCUT2D eigenvalue weighted by Crippen LogP contribution is 2.20. The van der Waals surface area contributed by atoms with Gasteiger partial charge in [-0.1, -0.05) is 36.2 Å².